The van der Waals surface area contributed by atoms with Gasteiger partial charge in [0.2, 0.25) is 5.76 Å². The quantitative estimate of drug-likeness (QED) is 0.907. The Bertz CT molecular complexity index is 502. The number of alkyl halides is 3. The van der Waals surface area contributed by atoms with Crippen LogP contribution in [0.2, 0.25) is 0 Å². The number of rotatable bonds is 4. The smallest absolute Gasteiger partial charge is 0.391 e. The van der Waals surface area contributed by atoms with Crippen molar-refractivity contribution >= 4 is 5.97 Å². The fourth-order valence-electron chi connectivity index (χ4n) is 2.79. The minimum absolute atomic E-state index is 0.0437. The summed E-state index contributed by atoms with van der Waals surface area (Å²) in [6, 6.07) is 0. The van der Waals surface area contributed by atoms with Gasteiger partial charge in [0.15, 0.2) is 5.89 Å². The second-order valence-corrected chi connectivity index (χ2v) is 5.47. The first-order valence-electron chi connectivity index (χ1n) is 7.12. The number of aryl methyl sites for hydroxylation is 1. The molecule has 0 aromatic carbocycles. The van der Waals surface area contributed by atoms with E-state index in [0.717, 1.165) is 6.42 Å². The Morgan fingerprint density at radius 1 is 1.33 bits per heavy atom. The first kappa shape index (κ1) is 15.9. The maximum atomic E-state index is 12.6. The average Bonchev–Trinajstić information content (AvgIpc) is 2.82. The van der Waals surface area contributed by atoms with E-state index in [9.17, 15) is 18.0 Å². The molecule has 0 atom stereocenters. The van der Waals surface area contributed by atoms with Crippen molar-refractivity contribution in [3.63, 3.8) is 0 Å². The van der Waals surface area contributed by atoms with Crippen LogP contribution in [0.1, 0.15) is 67.1 Å². The molecular formula is C14H18F3NO3. The van der Waals surface area contributed by atoms with Crippen LogP contribution < -0.4 is 0 Å². The van der Waals surface area contributed by atoms with Crippen molar-refractivity contribution in [3.8, 4) is 0 Å². The lowest BCUT2D eigenvalue weighted by Crippen LogP contribution is -2.27. The SMILES string of the molecule is CCCc1nc(C2CCC(C(F)(F)F)CC2)oc1C(=O)O. The van der Waals surface area contributed by atoms with Gasteiger partial charge in [0.25, 0.3) is 0 Å². The van der Waals surface area contributed by atoms with Crippen LogP contribution in [-0.2, 0) is 6.42 Å². The van der Waals surface area contributed by atoms with Gasteiger partial charge in [-0.2, -0.15) is 13.2 Å². The molecule has 0 saturated heterocycles. The average molecular weight is 305 g/mol. The number of hydrogen-bond acceptors (Lipinski definition) is 3. The number of aromatic nitrogens is 1. The maximum absolute atomic E-state index is 12.6. The molecule has 0 spiro atoms. The monoisotopic (exact) mass is 305 g/mol. The van der Waals surface area contributed by atoms with Gasteiger partial charge in [-0.05, 0) is 32.1 Å². The van der Waals surface area contributed by atoms with E-state index in [2.05, 4.69) is 4.98 Å². The number of carboxylic acids is 1. The normalized spacial score (nSPS) is 23.2. The fraction of sp³-hybridized carbons (Fsp3) is 0.714. The Balaban J connectivity index is 2.10. The van der Waals surface area contributed by atoms with Gasteiger partial charge in [0.05, 0.1) is 11.6 Å². The van der Waals surface area contributed by atoms with E-state index in [1.165, 1.54) is 0 Å². The molecule has 1 aliphatic rings. The number of aromatic carboxylic acids is 1. The zero-order valence-corrected chi connectivity index (χ0v) is 11.7. The van der Waals surface area contributed by atoms with Crippen molar-refractivity contribution in [1.29, 1.82) is 0 Å². The summed E-state index contributed by atoms with van der Waals surface area (Å²) in [5, 5.41) is 9.07. The molecule has 118 valence electrons. The van der Waals surface area contributed by atoms with Gasteiger partial charge in [-0.25, -0.2) is 9.78 Å². The standard InChI is InChI=1S/C14H18F3NO3/c1-2-3-10-11(13(19)20)21-12(18-10)8-4-6-9(7-5-8)14(15,16)17/h8-9H,2-7H2,1H3,(H,19,20). The van der Waals surface area contributed by atoms with Crippen LogP contribution in [0.15, 0.2) is 4.42 Å². The van der Waals surface area contributed by atoms with Crippen LogP contribution in [0, 0.1) is 5.92 Å². The summed E-state index contributed by atoms with van der Waals surface area (Å²) in [7, 11) is 0. The highest BCUT2D eigenvalue weighted by Gasteiger charge is 2.42. The highest BCUT2D eigenvalue weighted by atomic mass is 19.4. The van der Waals surface area contributed by atoms with Crippen LogP contribution in [0.25, 0.3) is 0 Å². The molecule has 0 radical (unpaired) electrons. The predicted octanol–water partition coefficient (Wildman–Crippen LogP) is 4.16. The molecular weight excluding hydrogens is 287 g/mol. The summed E-state index contributed by atoms with van der Waals surface area (Å²) in [4.78, 5) is 15.3. The number of nitrogens with zero attached hydrogens (tertiary/aromatic N) is 1. The van der Waals surface area contributed by atoms with Gasteiger partial charge in [-0.1, -0.05) is 13.3 Å². The molecule has 1 heterocycles. The Hall–Kier alpha value is -1.53. The summed E-state index contributed by atoms with van der Waals surface area (Å²) < 4.78 is 43.2. The lowest BCUT2D eigenvalue weighted by molar-refractivity contribution is -0.182. The van der Waals surface area contributed by atoms with Crippen LogP contribution in [0.3, 0.4) is 0 Å². The maximum Gasteiger partial charge on any atom is 0.391 e. The summed E-state index contributed by atoms with van der Waals surface area (Å²) in [6.45, 7) is 1.90. The summed E-state index contributed by atoms with van der Waals surface area (Å²) in [5.41, 5.74) is 0.387. The summed E-state index contributed by atoms with van der Waals surface area (Å²) in [5.74, 6) is -2.56. The number of halogens is 3. The van der Waals surface area contributed by atoms with E-state index >= 15 is 0 Å². The Kier molecular flexibility index (Phi) is 4.58. The molecule has 7 heteroatoms. The third kappa shape index (κ3) is 3.57. The Morgan fingerprint density at radius 3 is 2.43 bits per heavy atom. The van der Waals surface area contributed by atoms with Gasteiger partial charge in [-0.3, -0.25) is 0 Å². The van der Waals surface area contributed by atoms with Crippen molar-refractivity contribution in [2.24, 2.45) is 5.92 Å². The van der Waals surface area contributed by atoms with Gasteiger partial charge in [0.1, 0.15) is 0 Å². The molecule has 0 unspecified atom stereocenters. The van der Waals surface area contributed by atoms with Gasteiger partial charge in [0, 0.05) is 5.92 Å². The fourth-order valence-corrected chi connectivity index (χ4v) is 2.79. The molecule has 21 heavy (non-hydrogen) atoms. The Labute approximate surface area is 120 Å². The van der Waals surface area contributed by atoms with Gasteiger partial charge >= 0.3 is 12.1 Å². The van der Waals surface area contributed by atoms with Crippen LogP contribution in [0.4, 0.5) is 13.2 Å². The van der Waals surface area contributed by atoms with E-state index in [-0.39, 0.29) is 30.4 Å². The molecule has 0 aliphatic heterocycles. The third-order valence-corrected chi connectivity index (χ3v) is 3.93. The number of carbonyl (C=O) groups is 1. The van der Waals surface area contributed by atoms with E-state index in [0.29, 0.717) is 25.0 Å². The highest BCUT2D eigenvalue weighted by Crippen LogP contribution is 2.42. The lowest BCUT2D eigenvalue weighted by Gasteiger charge is -2.28. The lowest BCUT2D eigenvalue weighted by atomic mass is 9.81. The van der Waals surface area contributed by atoms with E-state index in [4.69, 9.17) is 9.52 Å². The zero-order valence-electron chi connectivity index (χ0n) is 11.7. The first-order valence-corrected chi connectivity index (χ1v) is 7.12. The van der Waals surface area contributed by atoms with Gasteiger partial charge in [-0.15, -0.1) is 0 Å². The molecule has 1 aromatic rings. The molecule has 1 N–H and O–H groups in total. The third-order valence-electron chi connectivity index (χ3n) is 3.93. The molecule has 1 aliphatic carbocycles. The molecule has 4 nitrogen and oxygen atoms in total. The second kappa shape index (κ2) is 6.07. The molecule has 0 amide bonds. The van der Waals surface area contributed by atoms with Crippen molar-refractivity contribution in [2.45, 2.75) is 57.5 Å². The van der Waals surface area contributed by atoms with Gasteiger partial charge < -0.3 is 9.52 Å². The molecule has 1 aromatic heterocycles. The second-order valence-electron chi connectivity index (χ2n) is 5.47. The topological polar surface area (TPSA) is 63.3 Å². The Morgan fingerprint density at radius 2 is 1.95 bits per heavy atom. The largest absolute Gasteiger partial charge is 0.475 e. The van der Waals surface area contributed by atoms with Crippen molar-refractivity contribution in [3.05, 3.63) is 17.3 Å². The summed E-state index contributed by atoms with van der Waals surface area (Å²) in [6.07, 6.45) is -2.19. The predicted molar refractivity (Wildman–Crippen MR) is 68.2 cm³/mol. The highest BCUT2D eigenvalue weighted by molar-refractivity contribution is 5.85. The number of oxazole rings is 1. The van der Waals surface area contributed by atoms with E-state index in [1.54, 1.807) is 0 Å². The van der Waals surface area contributed by atoms with Crippen molar-refractivity contribution < 1.29 is 27.5 Å². The molecule has 1 saturated carbocycles. The van der Waals surface area contributed by atoms with E-state index in [1.807, 2.05) is 6.92 Å². The molecule has 2 rings (SSSR count). The first-order chi connectivity index (χ1) is 9.82. The minimum atomic E-state index is -4.15. The summed E-state index contributed by atoms with van der Waals surface area (Å²) >= 11 is 0. The number of carboxylic acid groups (broad SMARTS) is 1. The van der Waals surface area contributed by atoms with Crippen molar-refractivity contribution in [1.82, 2.24) is 4.98 Å². The van der Waals surface area contributed by atoms with Crippen LogP contribution in [-0.4, -0.2) is 22.2 Å². The number of hydrogen-bond donors (Lipinski definition) is 1. The molecule has 1 fully saturated rings. The zero-order chi connectivity index (χ0) is 15.6. The minimum Gasteiger partial charge on any atom is -0.475 e. The van der Waals surface area contributed by atoms with Crippen molar-refractivity contribution in [2.75, 3.05) is 0 Å². The van der Waals surface area contributed by atoms with E-state index < -0.39 is 18.1 Å². The molecule has 0 bridgehead atoms. The van der Waals surface area contributed by atoms with Crippen LogP contribution in [0.5, 0.6) is 0 Å². The van der Waals surface area contributed by atoms with Crippen LogP contribution >= 0.6 is 0 Å².